The van der Waals surface area contributed by atoms with Crippen molar-refractivity contribution in [2.24, 2.45) is 10.8 Å². The molecule has 0 spiro atoms. The summed E-state index contributed by atoms with van der Waals surface area (Å²) in [6.45, 7) is 22.9. The number of benzene rings is 1. The third kappa shape index (κ3) is 11.1. The summed E-state index contributed by atoms with van der Waals surface area (Å²) in [6, 6.07) is 4.97. The second-order valence-electron chi connectivity index (χ2n) is 12.4. The molecule has 0 radical (unpaired) electrons. The maximum atomic E-state index is 12.6. The highest BCUT2D eigenvalue weighted by atomic mass is 16.2. The van der Waals surface area contributed by atoms with Gasteiger partial charge in [-0.05, 0) is 76.0 Å². The summed E-state index contributed by atoms with van der Waals surface area (Å²) in [7, 11) is 0. The Morgan fingerprint density at radius 2 is 1.13 bits per heavy atom. The fourth-order valence-corrected chi connectivity index (χ4v) is 4.51. The molecular weight excluding hydrogens is 388 g/mol. The summed E-state index contributed by atoms with van der Waals surface area (Å²) in [4.78, 5) is 25.1. The van der Waals surface area contributed by atoms with Crippen molar-refractivity contribution in [3.05, 3.63) is 23.8 Å². The zero-order valence-corrected chi connectivity index (χ0v) is 21.5. The van der Waals surface area contributed by atoms with Crippen LogP contribution in [0.5, 0.6) is 0 Å². The molecule has 0 heterocycles. The smallest absolute Gasteiger partial charge is 0.319 e. The number of urea groups is 2. The molecule has 31 heavy (non-hydrogen) atoms. The molecule has 0 atom stereocenters. The molecule has 0 aliphatic heterocycles. The van der Waals surface area contributed by atoms with Crippen molar-refractivity contribution in [2.75, 3.05) is 10.6 Å². The Bertz CT molecular complexity index is 784. The molecule has 0 bridgehead atoms. The number of carbonyl (C=O) groups is 2. The van der Waals surface area contributed by atoms with E-state index in [1.54, 1.807) is 6.07 Å². The average molecular weight is 433 g/mol. The van der Waals surface area contributed by atoms with E-state index in [9.17, 15) is 9.59 Å². The van der Waals surface area contributed by atoms with Gasteiger partial charge >= 0.3 is 12.1 Å². The minimum Gasteiger partial charge on any atom is -0.333 e. The maximum Gasteiger partial charge on any atom is 0.319 e. The number of carbonyl (C=O) groups excluding carboxylic acids is 2. The van der Waals surface area contributed by atoms with E-state index in [2.05, 4.69) is 62.8 Å². The van der Waals surface area contributed by atoms with Crippen LogP contribution in [-0.2, 0) is 0 Å². The van der Waals surface area contributed by atoms with Crippen LogP contribution in [0.15, 0.2) is 18.2 Å². The quantitative estimate of drug-likeness (QED) is 0.405. The number of hydrogen-bond acceptors (Lipinski definition) is 2. The van der Waals surface area contributed by atoms with E-state index in [0.717, 1.165) is 18.4 Å². The number of hydrogen-bond donors (Lipinski definition) is 4. The monoisotopic (exact) mass is 432 g/mol. The normalized spacial score (nSPS) is 12.9. The van der Waals surface area contributed by atoms with Gasteiger partial charge in [0.2, 0.25) is 0 Å². The highest BCUT2D eigenvalue weighted by Gasteiger charge is 2.28. The van der Waals surface area contributed by atoms with Gasteiger partial charge in [0, 0.05) is 22.5 Å². The van der Waals surface area contributed by atoms with E-state index in [0.29, 0.717) is 11.4 Å². The van der Waals surface area contributed by atoms with Gasteiger partial charge < -0.3 is 21.3 Å². The predicted octanol–water partition coefficient (Wildman–Crippen LogP) is 6.67. The molecule has 0 aromatic heterocycles. The molecule has 4 amide bonds. The third-order valence-electron chi connectivity index (χ3n) is 4.59. The molecule has 0 saturated heterocycles. The molecule has 176 valence electrons. The third-order valence-corrected chi connectivity index (χ3v) is 4.59. The Labute approximate surface area is 189 Å². The topological polar surface area (TPSA) is 82.3 Å². The SMILES string of the molecule is Cc1ccc(NC(=O)NC(C)(C)CC(C)(C)C)cc1NC(=O)NC(C)(C)CC(C)(C)C. The Balaban J connectivity index is 2.81. The zero-order chi connectivity index (χ0) is 24.3. The average Bonchev–Trinajstić information content (AvgIpc) is 2.43. The summed E-state index contributed by atoms with van der Waals surface area (Å²) in [6.07, 6.45) is 1.69. The van der Waals surface area contributed by atoms with Gasteiger partial charge in [0.1, 0.15) is 0 Å². The molecule has 0 aliphatic carbocycles. The molecule has 4 N–H and O–H groups in total. The van der Waals surface area contributed by atoms with Gasteiger partial charge in [0.15, 0.2) is 0 Å². The molecule has 0 unspecified atom stereocenters. The Kier molecular flexibility index (Phi) is 8.21. The summed E-state index contributed by atoms with van der Waals surface area (Å²) in [5.74, 6) is 0. The van der Waals surface area contributed by atoms with Gasteiger partial charge in [-0.1, -0.05) is 47.6 Å². The van der Waals surface area contributed by atoms with Gasteiger partial charge in [-0.15, -0.1) is 0 Å². The largest absolute Gasteiger partial charge is 0.333 e. The van der Waals surface area contributed by atoms with Crippen molar-refractivity contribution >= 4 is 23.4 Å². The fraction of sp³-hybridized carbons (Fsp3) is 0.680. The highest BCUT2D eigenvalue weighted by Crippen LogP contribution is 2.28. The van der Waals surface area contributed by atoms with Crippen molar-refractivity contribution in [3.63, 3.8) is 0 Å². The van der Waals surface area contributed by atoms with Crippen LogP contribution in [0.25, 0.3) is 0 Å². The van der Waals surface area contributed by atoms with Crippen LogP contribution in [0.1, 0.15) is 87.6 Å². The van der Waals surface area contributed by atoms with Crippen molar-refractivity contribution in [2.45, 2.75) is 100 Å². The van der Waals surface area contributed by atoms with E-state index in [1.165, 1.54) is 0 Å². The van der Waals surface area contributed by atoms with Crippen LogP contribution < -0.4 is 21.3 Å². The lowest BCUT2D eigenvalue weighted by Crippen LogP contribution is -2.47. The number of aryl methyl sites for hydroxylation is 1. The van der Waals surface area contributed by atoms with Crippen LogP contribution in [-0.4, -0.2) is 23.1 Å². The molecular formula is C25H44N4O2. The lowest BCUT2D eigenvalue weighted by molar-refractivity contribution is 0.219. The van der Waals surface area contributed by atoms with Gasteiger partial charge in [-0.3, -0.25) is 0 Å². The molecule has 0 saturated carbocycles. The first-order chi connectivity index (χ1) is 13.8. The van der Waals surface area contributed by atoms with Crippen molar-refractivity contribution in [3.8, 4) is 0 Å². The molecule has 1 aromatic carbocycles. The summed E-state index contributed by atoms with van der Waals surface area (Å²) < 4.78 is 0. The lowest BCUT2D eigenvalue weighted by Gasteiger charge is -2.33. The molecule has 1 rings (SSSR count). The van der Waals surface area contributed by atoms with Gasteiger partial charge in [-0.25, -0.2) is 9.59 Å². The fourth-order valence-electron chi connectivity index (χ4n) is 4.51. The molecule has 1 aromatic rings. The minimum atomic E-state index is -0.343. The Morgan fingerprint density at radius 3 is 1.55 bits per heavy atom. The van der Waals surface area contributed by atoms with Crippen molar-refractivity contribution in [1.29, 1.82) is 0 Å². The maximum absolute atomic E-state index is 12.6. The second-order valence-corrected chi connectivity index (χ2v) is 12.4. The second kappa shape index (κ2) is 9.49. The van der Waals surface area contributed by atoms with E-state index in [1.807, 2.05) is 46.8 Å². The summed E-state index contributed by atoms with van der Waals surface area (Å²) in [5.41, 5.74) is 1.73. The minimum absolute atomic E-state index is 0.102. The molecule has 6 nitrogen and oxygen atoms in total. The van der Waals surface area contributed by atoms with E-state index < -0.39 is 0 Å². The number of anilines is 2. The standard InChI is InChI=1S/C25H44N4O2/c1-17-12-13-18(26-20(30)28-24(8,9)15-22(2,3)4)14-19(17)27-21(31)29-25(10,11)16-23(5,6)7/h12-14H,15-16H2,1-11H3,(H2,26,28,30)(H2,27,29,31). The number of nitrogens with one attached hydrogen (secondary N) is 4. The van der Waals surface area contributed by atoms with E-state index in [4.69, 9.17) is 0 Å². The van der Waals surface area contributed by atoms with Crippen LogP contribution in [0.4, 0.5) is 21.0 Å². The first-order valence-corrected chi connectivity index (χ1v) is 11.1. The summed E-state index contributed by atoms with van der Waals surface area (Å²) >= 11 is 0. The van der Waals surface area contributed by atoms with Crippen LogP contribution in [0.2, 0.25) is 0 Å². The molecule has 6 heteroatoms. The molecule has 0 aliphatic rings. The first-order valence-electron chi connectivity index (χ1n) is 11.1. The first kappa shape index (κ1) is 26.8. The van der Waals surface area contributed by atoms with Crippen LogP contribution in [0.3, 0.4) is 0 Å². The Morgan fingerprint density at radius 1 is 0.710 bits per heavy atom. The lowest BCUT2D eigenvalue weighted by atomic mass is 9.82. The summed E-state index contributed by atoms with van der Waals surface area (Å²) in [5, 5.41) is 11.9. The number of amides is 4. The Hall–Kier alpha value is -2.24. The highest BCUT2D eigenvalue weighted by molar-refractivity contribution is 5.94. The van der Waals surface area contributed by atoms with Crippen LogP contribution in [0, 0.1) is 17.8 Å². The van der Waals surface area contributed by atoms with Crippen LogP contribution >= 0.6 is 0 Å². The number of rotatable bonds is 6. The van der Waals surface area contributed by atoms with E-state index >= 15 is 0 Å². The zero-order valence-electron chi connectivity index (χ0n) is 21.5. The van der Waals surface area contributed by atoms with Crippen molar-refractivity contribution < 1.29 is 9.59 Å². The predicted molar refractivity (Wildman–Crippen MR) is 132 cm³/mol. The van der Waals surface area contributed by atoms with Gasteiger partial charge in [-0.2, -0.15) is 0 Å². The molecule has 0 fully saturated rings. The van der Waals surface area contributed by atoms with Crippen molar-refractivity contribution in [1.82, 2.24) is 10.6 Å². The van der Waals surface area contributed by atoms with E-state index in [-0.39, 0.29) is 34.0 Å². The van der Waals surface area contributed by atoms with Gasteiger partial charge in [0.05, 0.1) is 0 Å². The van der Waals surface area contributed by atoms with Gasteiger partial charge in [0.25, 0.3) is 0 Å².